The Hall–Kier alpha value is -2.36. The molecule has 0 saturated carbocycles. The first-order valence-electron chi connectivity index (χ1n) is 7.95. The Balaban J connectivity index is 1.84. The number of sulfonamides is 1. The van der Waals surface area contributed by atoms with Gasteiger partial charge in [-0.3, -0.25) is 9.59 Å². The van der Waals surface area contributed by atoms with Crippen LogP contribution in [0, 0.1) is 0 Å². The summed E-state index contributed by atoms with van der Waals surface area (Å²) < 4.78 is 30.2. The van der Waals surface area contributed by atoms with Gasteiger partial charge in [-0.25, -0.2) is 12.7 Å². The third kappa shape index (κ3) is 6.38. The molecule has 0 aliphatic heterocycles. The van der Waals surface area contributed by atoms with Gasteiger partial charge in [0.2, 0.25) is 10.0 Å². The van der Waals surface area contributed by atoms with Crippen LogP contribution in [0.4, 0.5) is 5.69 Å². The largest absolute Gasteiger partial charge is 0.455 e. The number of nitrogens with zero attached hydrogens (tertiary/aromatic N) is 1. The molecule has 0 aliphatic rings. The SMILES string of the molecule is CN(C)S(=O)(=O)c1cccc(NC(=O)COC(=O)CSc2ccccc2)c1. The van der Waals surface area contributed by atoms with Crippen molar-refractivity contribution in [1.82, 2.24) is 4.31 Å². The van der Waals surface area contributed by atoms with Crippen molar-refractivity contribution >= 4 is 39.3 Å². The highest BCUT2D eigenvalue weighted by Crippen LogP contribution is 2.18. The average molecular weight is 409 g/mol. The van der Waals surface area contributed by atoms with Crippen molar-refractivity contribution in [3.8, 4) is 0 Å². The fraction of sp³-hybridized carbons (Fsp3) is 0.222. The highest BCUT2D eigenvalue weighted by atomic mass is 32.2. The van der Waals surface area contributed by atoms with Crippen LogP contribution in [0.25, 0.3) is 0 Å². The Kier molecular flexibility index (Phi) is 7.40. The zero-order valence-corrected chi connectivity index (χ0v) is 16.5. The molecule has 0 aliphatic carbocycles. The fourth-order valence-corrected chi connectivity index (χ4v) is 3.65. The van der Waals surface area contributed by atoms with Gasteiger partial charge in [0.15, 0.2) is 6.61 Å². The molecule has 0 heterocycles. The van der Waals surface area contributed by atoms with Crippen LogP contribution in [0.1, 0.15) is 0 Å². The fourth-order valence-electron chi connectivity index (χ4n) is 1.99. The molecule has 1 N–H and O–H groups in total. The summed E-state index contributed by atoms with van der Waals surface area (Å²) in [4.78, 5) is 24.6. The maximum atomic E-state index is 12.1. The van der Waals surface area contributed by atoms with Crippen LogP contribution in [0.5, 0.6) is 0 Å². The Labute approximate surface area is 162 Å². The van der Waals surface area contributed by atoms with Gasteiger partial charge in [-0.15, -0.1) is 11.8 Å². The predicted molar refractivity (Wildman–Crippen MR) is 104 cm³/mol. The molecule has 7 nitrogen and oxygen atoms in total. The summed E-state index contributed by atoms with van der Waals surface area (Å²) in [5.41, 5.74) is 0.303. The van der Waals surface area contributed by atoms with Crippen LogP contribution in [0.15, 0.2) is 64.4 Å². The smallest absolute Gasteiger partial charge is 0.316 e. The molecule has 0 aromatic heterocycles. The van der Waals surface area contributed by atoms with Gasteiger partial charge in [0.05, 0.1) is 10.6 Å². The van der Waals surface area contributed by atoms with Gasteiger partial charge < -0.3 is 10.1 Å². The van der Waals surface area contributed by atoms with E-state index >= 15 is 0 Å². The van der Waals surface area contributed by atoms with E-state index in [1.165, 1.54) is 44.1 Å². The molecule has 0 radical (unpaired) electrons. The molecule has 2 aromatic carbocycles. The molecule has 2 aromatic rings. The summed E-state index contributed by atoms with van der Waals surface area (Å²) in [6, 6.07) is 15.2. The summed E-state index contributed by atoms with van der Waals surface area (Å²) in [5, 5.41) is 2.52. The first-order valence-corrected chi connectivity index (χ1v) is 10.4. The number of carbonyl (C=O) groups is 2. The lowest BCUT2D eigenvalue weighted by Crippen LogP contribution is -2.23. The van der Waals surface area contributed by atoms with E-state index in [0.717, 1.165) is 9.20 Å². The molecule has 144 valence electrons. The van der Waals surface area contributed by atoms with Crippen LogP contribution in [0.2, 0.25) is 0 Å². The molecule has 9 heteroatoms. The van der Waals surface area contributed by atoms with E-state index in [2.05, 4.69) is 5.32 Å². The third-order valence-corrected chi connectivity index (χ3v) is 6.16. The number of amides is 1. The van der Waals surface area contributed by atoms with Gasteiger partial charge in [0.25, 0.3) is 5.91 Å². The molecule has 27 heavy (non-hydrogen) atoms. The minimum atomic E-state index is -3.60. The third-order valence-electron chi connectivity index (χ3n) is 3.36. The zero-order chi connectivity index (χ0) is 19.9. The van der Waals surface area contributed by atoms with E-state index in [1.54, 1.807) is 6.07 Å². The quantitative estimate of drug-likeness (QED) is 0.532. The molecule has 0 saturated heterocycles. The van der Waals surface area contributed by atoms with Crippen LogP contribution >= 0.6 is 11.8 Å². The second kappa shape index (κ2) is 9.54. The van der Waals surface area contributed by atoms with Crippen molar-refractivity contribution in [3.63, 3.8) is 0 Å². The van der Waals surface area contributed by atoms with Crippen molar-refractivity contribution in [3.05, 3.63) is 54.6 Å². The zero-order valence-electron chi connectivity index (χ0n) is 14.9. The van der Waals surface area contributed by atoms with Crippen molar-refractivity contribution in [1.29, 1.82) is 0 Å². The van der Waals surface area contributed by atoms with Crippen LogP contribution in [-0.4, -0.2) is 51.1 Å². The molecule has 0 spiro atoms. The molecule has 0 bridgehead atoms. The second-order valence-corrected chi connectivity index (χ2v) is 8.83. The minimum absolute atomic E-state index is 0.0570. The summed E-state index contributed by atoms with van der Waals surface area (Å²) in [5.74, 6) is -0.969. The van der Waals surface area contributed by atoms with Gasteiger partial charge in [-0.2, -0.15) is 0 Å². The second-order valence-electron chi connectivity index (χ2n) is 5.63. The molecule has 0 fully saturated rings. The highest BCUT2D eigenvalue weighted by Gasteiger charge is 2.17. The number of ether oxygens (including phenoxy) is 1. The Morgan fingerprint density at radius 2 is 1.78 bits per heavy atom. The van der Waals surface area contributed by atoms with E-state index in [4.69, 9.17) is 4.74 Å². The van der Waals surface area contributed by atoms with Gasteiger partial charge >= 0.3 is 5.97 Å². The predicted octanol–water partition coefficient (Wildman–Crippen LogP) is 2.21. The minimum Gasteiger partial charge on any atom is -0.455 e. The number of hydrogen-bond donors (Lipinski definition) is 1. The van der Waals surface area contributed by atoms with E-state index < -0.39 is 28.5 Å². The molecule has 0 atom stereocenters. The highest BCUT2D eigenvalue weighted by molar-refractivity contribution is 8.00. The lowest BCUT2D eigenvalue weighted by Gasteiger charge is -2.12. The lowest BCUT2D eigenvalue weighted by atomic mass is 10.3. The van der Waals surface area contributed by atoms with Gasteiger partial charge in [-0.1, -0.05) is 24.3 Å². The van der Waals surface area contributed by atoms with E-state index in [-0.39, 0.29) is 10.6 Å². The number of thioether (sulfide) groups is 1. The van der Waals surface area contributed by atoms with E-state index in [1.807, 2.05) is 30.3 Å². The van der Waals surface area contributed by atoms with Crippen molar-refractivity contribution in [2.75, 3.05) is 31.8 Å². The van der Waals surface area contributed by atoms with Gasteiger partial charge in [-0.05, 0) is 30.3 Å². The molecule has 0 unspecified atom stereocenters. The number of esters is 1. The lowest BCUT2D eigenvalue weighted by molar-refractivity contribution is -0.144. The van der Waals surface area contributed by atoms with Gasteiger partial charge in [0.1, 0.15) is 0 Å². The average Bonchev–Trinajstić information content (AvgIpc) is 2.65. The Morgan fingerprint density at radius 1 is 1.07 bits per heavy atom. The van der Waals surface area contributed by atoms with Crippen molar-refractivity contribution in [2.45, 2.75) is 9.79 Å². The summed E-state index contributed by atoms with van der Waals surface area (Å²) >= 11 is 1.31. The first kappa shape index (κ1) is 20.9. The van der Waals surface area contributed by atoms with E-state index in [9.17, 15) is 18.0 Å². The van der Waals surface area contributed by atoms with Crippen LogP contribution in [0.3, 0.4) is 0 Å². The number of nitrogens with one attached hydrogen (secondary N) is 1. The molecular formula is C18H20N2O5S2. The maximum Gasteiger partial charge on any atom is 0.316 e. The summed E-state index contributed by atoms with van der Waals surface area (Å²) in [7, 11) is -0.753. The first-order chi connectivity index (χ1) is 12.8. The van der Waals surface area contributed by atoms with Crippen LogP contribution in [-0.2, 0) is 24.3 Å². The molecular weight excluding hydrogens is 388 g/mol. The number of anilines is 1. The van der Waals surface area contributed by atoms with Gasteiger partial charge in [0, 0.05) is 24.7 Å². The monoisotopic (exact) mass is 408 g/mol. The molecule has 1 amide bonds. The van der Waals surface area contributed by atoms with Crippen LogP contribution < -0.4 is 5.32 Å². The number of benzene rings is 2. The number of rotatable bonds is 8. The number of hydrogen-bond acceptors (Lipinski definition) is 6. The van der Waals surface area contributed by atoms with Crippen molar-refractivity contribution in [2.24, 2.45) is 0 Å². The van der Waals surface area contributed by atoms with E-state index in [0.29, 0.717) is 5.69 Å². The summed E-state index contributed by atoms with van der Waals surface area (Å²) in [6.07, 6.45) is 0. The maximum absolute atomic E-state index is 12.1. The Bertz CT molecular complexity index is 899. The topological polar surface area (TPSA) is 92.8 Å². The normalized spacial score (nSPS) is 11.2. The molecule has 2 rings (SSSR count). The summed E-state index contributed by atoms with van der Waals surface area (Å²) in [6.45, 7) is -0.446. The van der Waals surface area contributed by atoms with Crippen molar-refractivity contribution < 1.29 is 22.7 Å². The standard InChI is InChI=1S/C18H20N2O5S2/c1-20(2)27(23,24)16-10-6-7-14(11-16)19-17(21)12-25-18(22)13-26-15-8-4-3-5-9-15/h3-11H,12-13H2,1-2H3,(H,19,21). The number of carbonyl (C=O) groups excluding carboxylic acids is 2. The Morgan fingerprint density at radius 3 is 2.44 bits per heavy atom.